The van der Waals surface area contributed by atoms with Gasteiger partial charge >= 0.3 is 0 Å². The molecule has 2 aromatic rings. The zero-order chi connectivity index (χ0) is 21.5. The Morgan fingerprint density at radius 3 is 2.57 bits per heavy atom. The van der Waals surface area contributed by atoms with Crippen molar-refractivity contribution in [3.63, 3.8) is 0 Å². The van der Waals surface area contributed by atoms with Crippen LogP contribution in [0, 0.1) is 0 Å². The first-order valence-electron chi connectivity index (χ1n) is 9.42. The molecule has 2 aromatic carbocycles. The lowest BCUT2D eigenvalue weighted by Crippen LogP contribution is -2.50. The topological polar surface area (TPSA) is 96.0 Å². The number of hydrogen-bond donors (Lipinski definition) is 1. The number of rotatable bonds is 3. The fourth-order valence-corrected chi connectivity index (χ4v) is 5.07. The van der Waals surface area contributed by atoms with Crippen molar-refractivity contribution in [2.24, 2.45) is 0 Å². The fourth-order valence-electron chi connectivity index (χ4n) is 3.43. The first-order valence-corrected chi connectivity index (χ1v) is 11.2. The Bertz CT molecular complexity index is 1110. The Kier molecular flexibility index (Phi) is 5.44. The van der Waals surface area contributed by atoms with E-state index in [9.17, 15) is 18.0 Å². The molecule has 30 heavy (non-hydrogen) atoms. The lowest BCUT2D eigenvalue weighted by atomic mass is 10.2. The van der Waals surface area contributed by atoms with Gasteiger partial charge in [-0.05, 0) is 43.3 Å². The largest absolute Gasteiger partial charge is 0.479 e. The van der Waals surface area contributed by atoms with Crippen molar-refractivity contribution in [1.82, 2.24) is 9.21 Å². The maximum Gasteiger partial charge on any atom is 0.265 e. The highest BCUT2D eigenvalue weighted by Gasteiger charge is 2.32. The number of hydrogen-bond acceptors (Lipinski definition) is 5. The smallest absolute Gasteiger partial charge is 0.265 e. The van der Waals surface area contributed by atoms with Crippen LogP contribution in [0.4, 0.5) is 5.69 Å². The molecule has 2 heterocycles. The summed E-state index contributed by atoms with van der Waals surface area (Å²) in [4.78, 5) is 26.1. The number of nitrogens with one attached hydrogen (secondary N) is 1. The number of anilines is 1. The van der Waals surface area contributed by atoms with Gasteiger partial charge in [0.15, 0.2) is 6.10 Å². The van der Waals surface area contributed by atoms with Gasteiger partial charge in [0.2, 0.25) is 10.0 Å². The average Bonchev–Trinajstić information content (AvgIpc) is 2.74. The van der Waals surface area contributed by atoms with Crippen LogP contribution in [-0.2, 0) is 14.8 Å². The van der Waals surface area contributed by atoms with E-state index in [-0.39, 0.29) is 42.9 Å². The van der Waals surface area contributed by atoms with Crippen LogP contribution in [0.1, 0.15) is 17.3 Å². The molecule has 0 aromatic heterocycles. The second-order valence-electron chi connectivity index (χ2n) is 7.11. The lowest BCUT2D eigenvalue weighted by molar-refractivity contribution is -0.122. The van der Waals surface area contributed by atoms with Gasteiger partial charge in [-0.3, -0.25) is 9.59 Å². The number of ether oxygens (including phenoxy) is 1. The number of amides is 2. The summed E-state index contributed by atoms with van der Waals surface area (Å²) >= 11 is 5.95. The van der Waals surface area contributed by atoms with Gasteiger partial charge in [-0.15, -0.1) is 0 Å². The number of carbonyl (C=O) groups is 2. The minimum atomic E-state index is -3.78. The Balaban J connectivity index is 1.47. The Labute approximate surface area is 179 Å². The minimum Gasteiger partial charge on any atom is -0.479 e. The maximum atomic E-state index is 13.1. The summed E-state index contributed by atoms with van der Waals surface area (Å²) in [5.74, 6) is -0.0829. The van der Waals surface area contributed by atoms with Gasteiger partial charge in [0.1, 0.15) is 5.75 Å². The maximum absolute atomic E-state index is 13.1. The highest BCUT2D eigenvalue weighted by Crippen LogP contribution is 2.33. The molecular formula is C20H20ClN3O5S. The number of carbonyl (C=O) groups excluding carboxylic acids is 2. The summed E-state index contributed by atoms with van der Waals surface area (Å²) in [6.07, 6.45) is -0.634. The van der Waals surface area contributed by atoms with Crippen LogP contribution in [0.15, 0.2) is 47.4 Å². The molecule has 2 amide bonds. The molecule has 2 aliphatic heterocycles. The van der Waals surface area contributed by atoms with E-state index in [1.54, 1.807) is 36.1 Å². The summed E-state index contributed by atoms with van der Waals surface area (Å²) in [6, 6.07) is 11.1. The second kappa shape index (κ2) is 7.90. The molecule has 1 saturated heterocycles. The molecule has 0 bridgehead atoms. The molecular weight excluding hydrogens is 430 g/mol. The predicted molar refractivity (Wildman–Crippen MR) is 111 cm³/mol. The third-order valence-electron chi connectivity index (χ3n) is 5.12. The van der Waals surface area contributed by atoms with Crippen LogP contribution in [0.3, 0.4) is 0 Å². The number of fused-ring (bicyclic) bond motifs is 1. The predicted octanol–water partition coefficient (Wildman–Crippen LogP) is 2.21. The highest BCUT2D eigenvalue weighted by atomic mass is 35.5. The van der Waals surface area contributed by atoms with Crippen LogP contribution in [0.25, 0.3) is 0 Å². The number of benzene rings is 2. The van der Waals surface area contributed by atoms with Crippen molar-refractivity contribution < 1.29 is 22.7 Å². The monoisotopic (exact) mass is 449 g/mol. The summed E-state index contributed by atoms with van der Waals surface area (Å²) in [5.41, 5.74) is 0.799. The molecule has 4 rings (SSSR count). The molecule has 1 N–H and O–H groups in total. The Morgan fingerprint density at radius 2 is 1.87 bits per heavy atom. The molecule has 0 radical (unpaired) electrons. The molecule has 158 valence electrons. The van der Waals surface area contributed by atoms with E-state index in [4.69, 9.17) is 16.3 Å². The van der Waals surface area contributed by atoms with E-state index < -0.39 is 16.1 Å². The van der Waals surface area contributed by atoms with Gasteiger partial charge in [-0.2, -0.15) is 4.31 Å². The third kappa shape index (κ3) is 3.88. The minimum absolute atomic E-state index is 0.0642. The fraction of sp³-hybridized carbons (Fsp3) is 0.300. The van der Waals surface area contributed by atoms with E-state index >= 15 is 0 Å². The van der Waals surface area contributed by atoms with Crippen LogP contribution < -0.4 is 10.1 Å². The zero-order valence-electron chi connectivity index (χ0n) is 16.2. The van der Waals surface area contributed by atoms with Gasteiger partial charge in [0, 0.05) is 36.8 Å². The number of piperazine rings is 1. The van der Waals surface area contributed by atoms with Crippen LogP contribution in [-0.4, -0.2) is 61.7 Å². The van der Waals surface area contributed by atoms with Crippen molar-refractivity contribution >= 4 is 39.1 Å². The molecule has 1 atom stereocenters. The van der Waals surface area contributed by atoms with E-state index in [1.165, 1.54) is 22.5 Å². The molecule has 10 heteroatoms. The van der Waals surface area contributed by atoms with E-state index in [1.807, 2.05) is 0 Å². The number of halogens is 1. The second-order valence-corrected chi connectivity index (χ2v) is 9.49. The third-order valence-corrected chi connectivity index (χ3v) is 7.25. The number of sulfonamides is 1. The van der Waals surface area contributed by atoms with E-state index in [0.29, 0.717) is 22.0 Å². The van der Waals surface area contributed by atoms with E-state index in [2.05, 4.69) is 5.32 Å². The van der Waals surface area contributed by atoms with Crippen LogP contribution in [0.2, 0.25) is 5.02 Å². The van der Waals surface area contributed by atoms with Gasteiger partial charge in [0.05, 0.1) is 10.6 Å². The molecule has 8 nitrogen and oxygen atoms in total. The molecule has 0 spiro atoms. The normalized spacial score (nSPS) is 19.6. The molecule has 2 aliphatic rings. The summed E-state index contributed by atoms with van der Waals surface area (Å²) in [5, 5.41) is 3.13. The molecule has 0 unspecified atom stereocenters. The quantitative estimate of drug-likeness (QED) is 0.775. The summed E-state index contributed by atoms with van der Waals surface area (Å²) in [6.45, 7) is 2.50. The van der Waals surface area contributed by atoms with Crippen molar-refractivity contribution in [2.75, 3.05) is 31.5 Å². The van der Waals surface area contributed by atoms with Gasteiger partial charge in [0.25, 0.3) is 11.8 Å². The Morgan fingerprint density at radius 1 is 1.13 bits per heavy atom. The van der Waals surface area contributed by atoms with Crippen molar-refractivity contribution in [2.45, 2.75) is 17.9 Å². The van der Waals surface area contributed by atoms with Gasteiger partial charge in [-0.25, -0.2) is 8.42 Å². The Hall–Kier alpha value is -2.62. The van der Waals surface area contributed by atoms with Gasteiger partial charge < -0.3 is 15.0 Å². The van der Waals surface area contributed by atoms with Crippen molar-refractivity contribution in [3.8, 4) is 5.75 Å². The number of nitrogens with zero attached hydrogens (tertiary/aromatic N) is 2. The molecule has 1 fully saturated rings. The summed E-state index contributed by atoms with van der Waals surface area (Å²) in [7, 11) is -3.78. The van der Waals surface area contributed by atoms with Gasteiger partial charge in [-0.1, -0.05) is 17.7 Å². The van der Waals surface area contributed by atoms with Crippen LogP contribution >= 0.6 is 11.6 Å². The average molecular weight is 450 g/mol. The lowest BCUT2D eigenvalue weighted by Gasteiger charge is -2.34. The zero-order valence-corrected chi connectivity index (χ0v) is 17.7. The standard InChI is InChI=1S/C20H20ClN3O5S/c1-13-19(25)22-17-12-16(5-6-18(17)29-13)30(27,28)24-9-7-23(8-10-24)20(26)14-3-2-4-15(21)11-14/h2-6,11-13H,7-10H2,1H3,(H,22,25)/t13-/m0/s1. The summed E-state index contributed by atoms with van der Waals surface area (Å²) < 4.78 is 32.9. The van der Waals surface area contributed by atoms with Crippen LogP contribution in [0.5, 0.6) is 5.75 Å². The first-order chi connectivity index (χ1) is 14.3. The first kappa shape index (κ1) is 20.6. The van der Waals surface area contributed by atoms with E-state index in [0.717, 1.165) is 0 Å². The SMILES string of the molecule is C[C@@H]1Oc2ccc(S(=O)(=O)N3CCN(C(=O)c4cccc(Cl)c4)CC3)cc2NC1=O. The molecule has 0 aliphatic carbocycles. The highest BCUT2D eigenvalue weighted by molar-refractivity contribution is 7.89. The van der Waals surface area contributed by atoms with Crippen molar-refractivity contribution in [3.05, 3.63) is 53.1 Å². The van der Waals surface area contributed by atoms with Crippen molar-refractivity contribution in [1.29, 1.82) is 0 Å². The molecule has 0 saturated carbocycles.